The van der Waals surface area contributed by atoms with Crippen LogP contribution in [-0.4, -0.2) is 26.8 Å². The van der Waals surface area contributed by atoms with Crippen molar-refractivity contribution in [2.75, 3.05) is 17.0 Å². The summed E-state index contributed by atoms with van der Waals surface area (Å²) in [5, 5.41) is 3.89. The summed E-state index contributed by atoms with van der Waals surface area (Å²) in [6.07, 6.45) is 4.06. The highest BCUT2D eigenvalue weighted by molar-refractivity contribution is 7.92. The van der Waals surface area contributed by atoms with Crippen molar-refractivity contribution in [1.82, 2.24) is 5.32 Å². The topological polar surface area (TPSA) is 58.2 Å². The fourth-order valence-electron chi connectivity index (χ4n) is 1.79. The minimum absolute atomic E-state index is 0.145. The van der Waals surface area contributed by atoms with Crippen LogP contribution in [-0.2, 0) is 10.0 Å². The second kappa shape index (κ2) is 6.59. The lowest BCUT2D eigenvalue weighted by atomic mass is 10.3. The zero-order valence-electron chi connectivity index (χ0n) is 10.7. The molecule has 1 fully saturated rings. The quantitative estimate of drug-likeness (QED) is 0.726. The third-order valence-electron chi connectivity index (χ3n) is 2.95. The van der Waals surface area contributed by atoms with E-state index < -0.39 is 10.0 Å². The Morgan fingerprint density at radius 2 is 2.05 bits per heavy atom. The number of nitrogens with one attached hydrogen (secondary N) is 2. The summed E-state index contributed by atoms with van der Waals surface area (Å²) in [5.74, 6) is 0.145. The molecule has 106 valence electrons. The molecule has 1 aromatic carbocycles. The van der Waals surface area contributed by atoms with Gasteiger partial charge >= 0.3 is 0 Å². The van der Waals surface area contributed by atoms with Gasteiger partial charge in [0, 0.05) is 16.8 Å². The molecule has 1 aliphatic carbocycles. The van der Waals surface area contributed by atoms with Gasteiger partial charge in [-0.05, 0) is 50.4 Å². The van der Waals surface area contributed by atoms with E-state index in [-0.39, 0.29) is 5.75 Å². The maximum Gasteiger partial charge on any atom is 0.232 e. The monoisotopic (exact) mass is 302 g/mol. The lowest BCUT2D eigenvalue weighted by Gasteiger charge is -2.08. The SMILES string of the molecule is O=S(=O)(CCCCNC1CC1)Nc1cccc(Cl)c1. The second-order valence-electron chi connectivity index (χ2n) is 4.87. The Bertz CT molecular complexity index is 515. The van der Waals surface area contributed by atoms with Crippen molar-refractivity contribution >= 4 is 27.3 Å². The van der Waals surface area contributed by atoms with Gasteiger partial charge in [0.25, 0.3) is 0 Å². The highest BCUT2D eigenvalue weighted by atomic mass is 35.5. The molecule has 0 atom stereocenters. The smallest absolute Gasteiger partial charge is 0.232 e. The first-order valence-corrected chi connectivity index (χ1v) is 8.58. The molecule has 1 aliphatic rings. The largest absolute Gasteiger partial charge is 0.314 e. The van der Waals surface area contributed by atoms with Gasteiger partial charge in [-0.2, -0.15) is 0 Å². The number of hydrogen-bond acceptors (Lipinski definition) is 3. The predicted molar refractivity (Wildman–Crippen MR) is 79.1 cm³/mol. The number of unbranched alkanes of at least 4 members (excludes halogenated alkanes) is 1. The first kappa shape index (κ1) is 14.6. The molecule has 0 bridgehead atoms. The van der Waals surface area contributed by atoms with Crippen molar-refractivity contribution in [3.05, 3.63) is 29.3 Å². The molecule has 0 unspecified atom stereocenters. The van der Waals surface area contributed by atoms with Gasteiger partial charge in [0.15, 0.2) is 0 Å². The second-order valence-corrected chi connectivity index (χ2v) is 7.15. The highest BCUT2D eigenvalue weighted by Crippen LogP contribution is 2.18. The minimum atomic E-state index is -3.27. The summed E-state index contributed by atoms with van der Waals surface area (Å²) in [6.45, 7) is 0.900. The molecular weight excluding hydrogens is 284 g/mol. The Labute approximate surface area is 119 Å². The Hall–Kier alpha value is -0.780. The molecule has 4 nitrogen and oxygen atoms in total. The van der Waals surface area contributed by atoms with E-state index in [0.717, 1.165) is 13.0 Å². The molecule has 0 spiro atoms. The highest BCUT2D eigenvalue weighted by Gasteiger charge is 2.19. The lowest BCUT2D eigenvalue weighted by molar-refractivity contribution is 0.591. The van der Waals surface area contributed by atoms with Crippen molar-refractivity contribution in [3.8, 4) is 0 Å². The van der Waals surface area contributed by atoms with Crippen molar-refractivity contribution < 1.29 is 8.42 Å². The molecule has 6 heteroatoms. The van der Waals surface area contributed by atoms with E-state index in [9.17, 15) is 8.42 Å². The first-order valence-electron chi connectivity index (χ1n) is 6.55. The van der Waals surface area contributed by atoms with Gasteiger partial charge < -0.3 is 5.32 Å². The van der Waals surface area contributed by atoms with Crippen molar-refractivity contribution in [2.24, 2.45) is 0 Å². The van der Waals surface area contributed by atoms with E-state index in [1.54, 1.807) is 24.3 Å². The molecule has 19 heavy (non-hydrogen) atoms. The van der Waals surface area contributed by atoms with E-state index in [4.69, 9.17) is 11.6 Å². The summed E-state index contributed by atoms with van der Waals surface area (Å²) in [4.78, 5) is 0. The maximum absolute atomic E-state index is 11.8. The number of anilines is 1. The van der Waals surface area contributed by atoms with Gasteiger partial charge in [0.1, 0.15) is 0 Å². The van der Waals surface area contributed by atoms with E-state index in [0.29, 0.717) is 23.2 Å². The molecule has 1 aromatic rings. The molecule has 0 aliphatic heterocycles. The van der Waals surface area contributed by atoms with Crippen molar-refractivity contribution in [1.29, 1.82) is 0 Å². The third-order valence-corrected chi connectivity index (χ3v) is 4.56. The number of benzene rings is 1. The Morgan fingerprint density at radius 1 is 1.26 bits per heavy atom. The average molecular weight is 303 g/mol. The summed E-state index contributed by atoms with van der Waals surface area (Å²) in [5.41, 5.74) is 0.517. The molecule has 0 radical (unpaired) electrons. The fraction of sp³-hybridized carbons (Fsp3) is 0.538. The van der Waals surface area contributed by atoms with Crippen LogP contribution in [0.15, 0.2) is 24.3 Å². The maximum atomic E-state index is 11.8. The third kappa shape index (κ3) is 5.80. The van der Waals surface area contributed by atoms with Gasteiger partial charge in [-0.1, -0.05) is 17.7 Å². The normalized spacial score (nSPS) is 15.4. The zero-order valence-corrected chi connectivity index (χ0v) is 12.3. The Morgan fingerprint density at radius 3 is 2.74 bits per heavy atom. The van der Waals surface area contributed by atoms with Crippen LogP contribution in [0.1, 0.15) is 25.7 Å². The van der Waals surface area contributed by atoms with Crippen LogP contribution in [0.5, 0.6) is 0 Å². The fourth-order valence-corrected chi connectivity index (χ4v) is 3.16. The number of hydrogen-bond donors (Lipinski definition) is 2. The van der Waals surface area contributed by atoms with Gasteiger partial charge in [-0.15, -0.1) is 0 Å². The van der Waals surface area contributed by atoms with Crippen molar-refractivity contribution in [3.63, 3.8) is 0 Å². The lowest BCUT2D eigenvalue weighted by Crippen LogP contribution is -2.20. The van der Waals surface area contributed by atoms with Gasteiger partial charge in [-0.25, -0.2) is 8.42 Å². The van der Waals surface area contributed by atoms with Crippen LogP contribution < -0.4 is 10.0 Å². The van der Waals surface area contributed by atoms with E-state index in [2.05, 4.69) is 10.0 Å². The van der Waals surface area contributed by atoms with Gasteiger partial charge in [0.05, 0.1) is 5.75 Å². The van der Waals surface area contributed by atoms with Crippen LogP contribution in [0.4, 0.5) is 5.69 Å². The van der Waals surface area contributed by atoms with E-state index in [1.807, 2.05) is 0 Å². The zero-order chi connectivity index (χ0) is 13.7. The summed E-state index contributed by atoms with van der Waals surface area (Å²) >= 11 is 5.81. The predicted octanol–water partition coefficient (Wildman–Crippen LogP) is 2.61. The summed E-state index contributed by atoms with van der Waals surface area (Å²) in [6, 6.07) is 7.41. The molecule has 2 N–H and O–H groups in total. The van der Waals surface area contributed by atoms with Crippen LogP contribution in [0.2, 0.25) is 5.02 Å². The molecule has 0 amide bonds. The van der Waals surface area contributed by atoms with E-state index in [1.165, 1.54) is 12.8 Å². The average Bonchev–Trinajstić information content (AvgIpc) is 3.11. The van der Waals surface area contributed by atoms with Crippen LogP contribution >= 0.6 is 11.6 Å². The molecule has 0 heterocycles. The van der Waals surface area contributed by atoms with E-state index >= 15 is 0 Å². The van der Waals surface area contributed by atoms with Crippen LogP contribution in [0, 0.1) is 0 Å². The van der Waals surface area contributed by atoms with Crippen molar-refractivity contribution in [2.45, 2.75) is 31.7 Å². The standard InChI is InChI=1S/C13H19ClN2O2S/c14-11-4-3-5-13(10-11)16-19(17,18)9-2-1-8-15-12-6-7-12/h3-5,10,12,15-16H,1-2,6-9H2. The van der Waals surface area contributed by atoms with Crippen LogP contribution in [0.25, 0.3) is 0 Å². The Kier molecular flexibility index (Phi) is 5.07. The molecule has 0 saturated heterocycles. The summed E-state index contributed by atoms with van der Waals surface area (Å²) < 4.78 is 26.2. The van der Waals surface area contributed by atoms with Gasteiger partial charge in [0.2, 0.25) is 10.0 Å². The first-order chi connectivity index (χ1) is 9.05. The molecule has 0 aromatic heterocycles. The van der Waals surface area contributed by atoms with Gasteiger partial charge in [-0.3, -0.25) is 4.72 Å². The summed E-state index contributed by atoms with van der Waals surface area (Å²) in [7, 11) is -3.27. The molecule has 2 rings (SSSR count). The minimum Gasteiger partial charge on any atom is -0.314 e. The van der Waals surface area contributed by atoms with Crippen LogP contribution in [0.3, 0.4) is 0 Å². The number of sulfonamides is 1. The number of rotatable bonds is 8. The Balaban J connectivity index is 1.71. The molecule has 1 saturated carbocycles. The number of halogens is 1. The molecular formula is C13H19ClN2O2S.